The van der Waals surface area contributed by atoms with E-state index in [0.717, 1.165) is 12.8 Å². The van der Waals surface area contributed by atoms with Crippen LogP contribution in [0.2, 0.25) is 0 Å². The van der Waals surface area contributed by atoms with E-state index < -0.39 is 5.82 Å². The molecule has 0 aliphatic carbocycles. The summed E-state index contributed by atoms with van der Waals surface area (Å²) in [6, 6.07) is 4.18. The fourth-order valence-corrected chi connectivity index (χ4v) is 3.07. The Hall–Kier alpha value is -3.29. The second-order valence-corrected chi connectivity index (χ2v) is 6.63. The van der Waals surface area contributed by atoms with Gasteiger partial charge in [0.1, 0.15) is 17.0 Å². The molecule has 1 amide bonds. The molecule has 0 fully saturated rings. The van der Waals surface area contributed by atoms with Crippen molar-refractivity contribution in [3.63, 3.8) is 0 Å². The van der Waals surface area contributed by atoms with Crippen molar-refractivity contribution < 1.29 is 9.18 Å². The molecule has 1 atom stereocenters. The normalized spacial score (nSPS) is 12.0. The van der Waals surface area contributed by atoms with Gasteiger partial charge in [-0.15, -0.1) is 0 Å². The van der Waals surface area contributed by atoms with Crippen LogP contribution in [-0.2, 0) is 0 Å². The molecule has 146 valence electrons. The zero-order valence-corrected chi connectivity index (χ0v) is 16.1. The predicted octanol–water partition coefficient (Wildman–Crippen LogP) is 3.47. The summed E-state index contributed by atoms with van der Waals surface area (Å²) in [6.45, 7) is 4.02. The average molecular weight is 382 g/mol. The summed E-state index contributed by atoms with van der Waals surface area (Å²) in [6.07, 6.45) is 4.89. The zero-order valence-electron chi connectivity index (χ0n) is 16.1. The van der Waals surface area contributed by atoms with Gasteiger partial charge in [-0.05, 0) is 31.5 Å². The minimum atomic E-state index is -0.395. The molecule has 2 aromatic heterocycles. The number of carbonyl (C=O) groups excluding carboxylic acids is 1. The first-order valence-corrected chi connectivity index (χ1v) is 9.16. The number of rotatable bonds is 7. The van der Waals surface area contributed by atoms with Crippen molar-refractivity contribution in [3.8, 4) is 0 Å². The van der Waals surface area contributed by atoms with E-state index in [1.165, 1.54) is 24.4 Å². The maximum absolute atomic E-state index is 13.5. The molecular weight excluding hydrogens is 359 g/mol. The quantitative estimate of drug-likeness (QED) is 0.469. The maximum atomic E-state index is 13.5. The van der Waals surface area contributed by atoms with E-state index in [4.69, 9.17) is 5.41 Å². The number of carbonyl (C=O) groups is 1. The number of hydrogen-bond donors (Lipinski definition) is 4. The first-order chi connectivity index (χ1) is 13.4. The molecule has 1 aromatic carbocycles. The number of anilines is 1. The fourth-order valence-electron chi connectivity index (χ4n) is 3.07. The number of nitrogens with one attached hydrogen (secondary N) is 4. The summed E-state index contributed by atoms with van der Waals surface area (Å²) in [4.78, 5) is 24.3. The van der Waals surface area contributed by atoms with Crippen LogP contribution in [0.1, 0.15) is 48.3 Å². The first-order valence-electron chi connectivity index (χ1n) is 9.16. The zero-order chi connectivity index (χ0) is 20.3. The van der Waals surface area contributed by atoms with Crippen molar-refractivity contribution in [2.75, 3.05) is 12.4 Å². The molecule has 7 nitrogen and oxygen atoms in total. The Bertz CT molecular complexity index is 1030. The number of hydrogen-bond acceptors (Lipinski definition) is 5. The van der Waals surface area contributed by atoms with Crippen LogP contribution in [0.25, 0.3) is 11.2 Å². The van der Waals surface area contributed by atoms with Crippen LogP contribution >= 0.6 is 0 Å². The van der Waals surface area contributed by atoms with Gasteiger partial charge in [0.15, 0.2) is 5.65 Å². The molecule has 0 aliphatic heterocycles. The van der Waals surface area contributed by atoms with Crippen molar-refractivity contribution in [1.29, 1.82) is 5.41 Å². The van der Waals surface area contributed by atoms with E-state index in [1.807, 2.05) is 6.92 Å². The highest BCUT2D eigenvalue weighted by atomic mass is 19.1. The summed E-state index contributed by atoms with van der Waals surface area (Å²) >= 11 is 0. The largest absolute Gasteiger partial charge is 0.387 e. The van der Waals surface area contributed by atoms with Gasteiger partial charge in [0, 0.05) is 30.5 Å². The van der Waals surface area contributed by atoms with E-state index >= 15 is 0 Å². The van der Waals surface area contributed by atoms with Crippen molar-refractivity contribution in [1.82, 2.24) is 20.3 Å². The Kier molecular flexibility index (Phi) is 5.67. The van der Waals surface area contributed by atoms with Gasteiger partial charge in [-0.25, -0.2) is 14.4 Å². The lowest BCUT2D eigenvalue weighted by molar-refractivity contribution is 0.0940. The van der Waals surface area contributed by atoms with Gasteiger partial charge in [-0.1, -0.05) is 13.3 Å². The minimum Gasteiger partial charge on any atom is -0.387 e. The molecule has 0 aliphatic rings. The summed E-state index contributed by atoms with van der Waals surface area (Å²) in [7, 11) is 1.66. The highest BCUT2D eigenvalue weighted by Gasteiger charge is 2.18. The number of aromatic amines is 1. The second-order valence-electron chi connectivity index (χ2n) is 6.63. The Labute approximate surface area is 162 Å². The Morgan fingerprint density at radius 3 is 2.86 bits per heavy atom. The number of benzene rings is 1. The van der Waals surface area contributed by atoms with Gasteiger partial charge < -0.3 is 15.6 Å². The molecule has 3 rings (SSSR count). The third-order valence-corrected chi connectivity index (χ3v) is 4.50. The fraction of sp³-hybridized carbons (Fsp3) is 0.300. The smallest absolute Gasteiger partial charge is 0.255 e. The van der Waals surface area contributed by atoms with Crippen molar-refractivity contribution in [2.45, 2.75) is 32.7 Å². The van der Waals surface area contributed by atoms with Crippen LogP contribution < -0.4 is 10.6 Å². The second kappa shape index (κ2) is 8.16. The summed E-state index contributed by atoms with van der Waals surface area (Å²) in [5, 5.41) is 14.3. The van der Waals surface area contributed by atoms with Crippen molar-refractivity contribution in [3.05, 3.63) is 53.2 Å². The van der Waals surface area contributed by atoms with Crippen LogP contribution in [-0.4, -0.2) is 39.7 Å². The molecule has 0 saturated heterocycles. The van der Waals surface area contributed by atoms with Crippen LogP contribution in [0, 0.1) is 11.2 Å². The molecule has 0 saturated carbocycles. The molecule has 28 heavy (non-hydrogen) atoms. The third kappa shape index (κ3) is 3.85. The molecule has 0 spiro atoms. The Balaban J connectivity index is 1.96. The molecule has 4 N–H and O–H groups in total. The number of halogens is 1. The van der Waals surface area contributed by atoms with Crippen molar-refractivity contribution in [2.24, 2.45) is 0 Å². The van der Waals surface area contributed by atoms with E-state index in [-0.39, 0.29) is 17.7 Å². The predicted molar refractivity (Wildman–Crippen MR) is 108 cm³/mol. The van der Waals surface area contributed by atoms with Crippen LogP contribution in [0.3, 0.4) is 0 Å². The Morgan fingerprint density at radius 2 is 2.14 bits per heavy atom. The summed E-state index contributed by atoms with van der Waals surface area (Å²) in [5.74, 6) is -0.629. The van der Waals surface area contributed by atoms with Gasteiger partial charge >= 0.3 is 0 Å². The SMILES string of the molecule is CCC[C@H](C)NC(=O)c1c[nH]c2ncc(C(=N)c3ccc(F)cc3NC)nc12. The van der Waals surface area contributed by atoms with E-state index in [0.29, 0.717) is 33.7 Å². The van der Waals surface area contributed by atoms with Gasteiger partial charge in [0.25, 0.3) is 5.91 Å². The number of H-pyrrole nitrogens is 1. The number of nitrogens with zero attached hydrogens (tertiary/aromatic N) is 2. The van der Waals surface area contributed by atoms with E-state index in [9.17, 15) is 9.18 Å². The van der Waals surface area contributed by atoms with Crippen LogP contribution in [0.15, 0.2) is 30.6 Å². The molecule has 3 aromatic rings. The lowest BCUT2D eigenvalue weighted by Gasteiger charge is -2.12. The minimum absolute atomic E-state index is 0.0503. The highest BCUT2D eigenvalue weighted by molar-refractivity contribution is 6.14. The van der Waals surface area contributed by atoms with E-state index in [1.54, 1.807) is 13.2 Å². The molecular formula is C20H23FN6O. The molecule has 2 heterocycles. The standard InChI is InChI=1S/C20H23FN6O/c1-4-5-11(2)26-20(28)14-9-24-19-18(14)27-16(10-25-19)17(22)13-7-6-12(21)8-15(13)23-3/h6-11,22-23H,4-5H2,1-3H3,(H,24,25)(H,26,28)/t11-/m0/s1. The van der Waals surface area contributed by atoms with Crippen LogP contribution in [0.5, 0.6) is 0 Å². The van der Waals surface area contributed by atoms with E-state index in [2.05, 4.69) is 32.5 Å². The number of fused-ring (bicyclic) bond motifs is 1. The number of amides is 1. The first kappa shape index (κ1) is 19.5. The Morgan fingerprint density at radius 1 is 1.36 bits per heavy atom. The average Bonchev–Trinajstić information content (AvgIpc) is 3.10. The summed E-state index contributed by atoms with van der Waals surface area (Å²) < 4.78 is 13.5. The maximum Gasteiger partial charge on any atom is 0.255 e. The highest BCUT2D eigenvalue weighted by Crippen LogP contribution is 2.21. The summed E-state index contributed by atoms with van der Waals surface area (Å²) in [5.41, 5.74) is 2.61. The molecule has 8 heteroatoms. The molecule has 0 unspecified atom stereocenters. The third-order valence-electron chi connectivity index (χ3n) is 4.50. The molecule has 0 bridgehead atoms. The van der Waals surface area contributed by atoms with Crippen molar-refractivity contribution >= 4 is 28.5 Å². The van der Waals surface area contributed by atoms with Gasteiger partial charge in [0.2, 0.25) is 0 Å². The lowest BCUT2D eigenvalue weighted by Crippen LogP contribution is -2.32. The monoisotopic (exact) mass is 382 g/mol. The van der Waals surface area contributed by atoms with Crippen LogP contribution in [0.4, 0.5) is 10.1 Å². The lowest BCUT2D eigenvalue weighted by atomic mass is 10.1. The topological polar surface area (TPSA) is 107 Å². The molecule has 0 radical (unpaired) electrons. The number of aromatic nitrogens is 3. The van der Waals surface area contributed by atoms with Gasteiger partial charge in [-0.3, -0.25) is 10.2 Å². The van der Waals surface area contributed by atoms with Gasteiger partial charge in [-0.2, -0.15) is 0 Å². The van der Waals surface area contributed by atoms with Gasteiger partial charge in [0.05, 0.1) is 17.5 Å².